The van der Waals surface area contributed by atoms with Crippen LogP contribution in [0.3, 0.4) is 0 Å². The van der Waals surface area contributed by atoms with Gasteiger partial charge in [-0.2, -0.15) is 0 Å². The van der Waals surface area contributed by atoms with Crippen LogP contribution >= 0.6 is 0 Å². The van der Waals surface area contributed by atoms with Gasteiger partial charge in [0, 0.05) is 33.0 Å². The fourth-order valence-corrected chi connectivity index (χ4v) is 6.77. The van der Waals surface area contributed by atoms with Gasteiger partial charge in [0.2, 0.25) is 0 Å². The third kappa shape index (κ3) is 3.50. The minimum Gasteiger partial charge on any atom is -0.457 e. The Labute approximate surface area is 324 Å². The number of fused-ring (bicyclic) bond motifs is 14. The summed E-state index contributed by atoms with van der Waals surface area (Å²) in [6.45, 7) is 0. The normalized spacial score (nSPS) is 21.9. The number of rotatable bonds is 2. The third-order valence-electron chi connectivity index (χ3n) is 8.68. The molecule has 0 bridgehead atoms. The molecule has 1 spiro atoms. The van der Waals surface area contributed by atoms with Crippen LogP contribution < -0.4 is 4.74 Å². The molecule has 1 aromatic heterocycles. The molecule has 0 amide bonds. The van der Waals surface area contributed by atoms with Crippen LogP contribution in [0.5, 0.6) is 11.5 Å². The molecule has 2 heteroatoms. The lowest BCUT2D eigenvalue weighted by Gasteiger charge is -2.39. The molecule has 0 saturated heterocycles. The summed E-state index contributed by atoms with van der Waals surface area (Å²) in [5.41, 5.74) is -11.5. The predicted octanol–water partition coefficient (Wildman–Crippen LogP) is 12.1. The van der Waals surface area contributed by atoms with E-state index >= 15 is 0 Å². The Kier molecular flexibility index (Phi) is 2.22. The van der Waals surface area contributed by atoms with E-state index in [1.165, 1.54) is 0 Å². The highest BCUT2D eigenvalue weighted by Crippen LogP contribution is 2.62. The fourth-order valence-electron chi connectivity index (χ4n) is 6.77. The van der Waals surface area contributed by atoms with Gasteiger partial charge in [-0.1, -0.05) is 139 Å². The molecule has 0 saturated carbocycles. The van der Waals surface area contributed by atoms with Crippen molar-refractivity contribution < 1.29 is 44.5 Å². The van der Waals surface area contributed by atoms with Crippen molar-refractivity contribution in [2.24, 2.45) is 0 Å². The molecule has 228 valence electrons. The molecule has 1 aliphatic carbocycles. The van der Waals surface area contributed by atoms with Gasteiger partial charge in [0.1, 0.15) is 11.5 Å². The Morgan fingerprint density at radius 2 is 1.06 bits per heavy atom. The first kappa shape index (κ1) is 11.1. The summed E-state index contributed by atoms with van der Waals surface area (Å²) in [7, 11) is 0. The highest BCUT2D eigenvalue weighted by atomic mass is 16.5. The van der Waals surface area contributed by atoms with Crippen molar-refractivity contribution in [3.63, 3.8) is 0 Å². The van der Waals surface area contributed by atoms with Crippen LogP contribution in [0, 0.1) is 0 Å². The van der Waals surface area contributed by atoms with Crippen LogP contribution in [0.15, 0.2) is 175 Å². The molecule has 0 fully saturated rings. The number of nitrogens with zero attached hydrogens (tertiary/aromatic N) is 1. The average Bonchev–Trinajstić information content (AvgIpc) is 4.14. The van der Waals surface area contributed by atoms with E-state index in [4.69, 9.17) is 28.0 Å². The first-order valence-electron chi connectivity index (χ1n) is 29.1. The lowest BCUT2D eigenvalue weighted by molar-refractivity contribution is 0.436. The predicted molar refractivity (Wildman–Crippen MR) is 201 cm³/mol. The fraction of sp³-hybridized carbons (Fsp3) is 0.0213. The van der Waals surface area contributed by atoms with E-state index in [1.807, 2.05) is 0 Å². The summed E-state index contributed by atoms with van der Waals surface area (Å²) in [6, 6.07) is -28.3. The zero-order valence-electron chi connectivity index (χ0n) is 53.4. The molecule has 1 aliphatic heterocycles. The van der Waals surface area contributed by atoms with E-state index in [1.54, 1.807) is 0 Å². The Hall–Kier alpha value is -6.38. The standard InChI is InChI=1S/C47H29NO/c1-2-13-33(14-3-1)48-43-29-32(23-25-37(43)38-26-22-30-12-4-5-15-34(30)46(38)48)31-24-27-45-42(28-31)47(41-20-10-11-21-44(41)49-45)39-18-8-6-16-35(39)36-17-7-9-19-40(36)47/h1-29H/i1D,2D,3D,4D,5D,6D,7D,8D,9D,10D,11D,12D,13D,14D,15D,16D,17D,18D,19D,20D,21D,22D,23D,24D,25D,26D,27D,28D,29D. The van der Waals surface area contributed by atoms with Crippen LogP contribution in [0.2, 0.25) is 0 Å². The first-order chi connectivity index (χ1) is 36.4. The lowest BCUT2D eigenvalue weighted by atomic mass is 9.66. The summed E-state index contributed by atoms with van der Waals surface area (Å²) >= 11 is 0. The molecule has 2 nitrogen and oxygen atoms in total. The molecule has 11 rings (SSSR count). The molecule has 0 atom stereocenters. The summed E-state index contributed by atoms with van der Waals surface area (Å²) in [6.07, 6.45) is 0. The smallest absolute Gasteiger partial charge is 0.132 e. The quantitative estimate of drug-likeness (QED) is 0.181. The van der Waals surface area contributed by atoms with Gasteiger partial charge in [0.25, 0.3) is 0 Å². The molecule has 8 aromatic carbocycles. The second kappa shape index (κ2) is 9.82. The summed E-state index contributed by atoms with van der Waals surface area (Å²) in [4.78, 5) is 0. The lowest BCUT2D eigenvalue weighted by Crippen LogP contribution is -2.32. The Balaban J connectivity index is 1.44. The molecule has 9 aromatic rings. The molecule has 0 radical (unpaired) electrons. The largest absolute Gasteiger partial charge is 0.457 e. The van der Waals surface area contributed by atoms with Gasteiger partial charge in [0.05, 0.1) is 56.2 Å². The number of hydrogen-bond donors (Lipinski definition) is 0. The molecule has 49 heavy (non-hydrogen) atoms. The SMILES string of the molecule is [2H]c1c([2H])c([2H])c(-n2c3c([2H])c(-c4c([2H])c([2H])c5c(c4[2H])C4(c6c([2H])c([2H])c([2H])c([2H])c6O5)c5c([2H])c([2H])c([2H])c([2H])c5-c5c([2H])c([2H])c([2H])c([2H])c54)c([2H])c([2H])c3c3c([2H])c([2H])c4c([2H])c([2H])c([2H])c([2H])c4c32)c([2H])c1[2H]. The van der Waals surface area contributed by atoms with Crippen LogP contribution in [0.1, 0.15) is 62.0 Å². The number of ether oxygens (including phenoxy) is 1. The zero-order chi connectivity index (χ0) is 57.3. The number of aromatic nitrogens is 1. The van der Waals surface area contributed by atoms with Crippen LogP contribution in [-0.4, -0.2) is 4.57 Å². The number of hydrogen-bond acceptors (Lipinski definition) is 1. The summed E-state index contributed by atoms with van der Waals surface area (Å²) < 4.78 is 272. The van der Waals surface area contributed by atoms with E-state index in [0.717, 1.165) is 4.57 Å². The van der Waals surface area contributed by atoms with Crippen LogP contribution in [-0.2, 0) is 5.41 Å². The molecule has 2 heterocycles. The van der Waals surface area contributed by atoms with Crippen molar-refractivity contribution in [2.45, 2.75) is 5.41 Å². The Morgan fingerprint density at radius 1 is 0.449 bits per heavy atom. The van der Waals surface area contributed by atoms with Gasteiger partial charge in [-0.3, -0.25) is 0 Å². The topological polar surface area (TPSA) is 14.2 Å². The minimum atomic E-state index is -2.99. The van der Waals surface area contributed by atoms with E-state index in [9.17, 15) is 16.4 Å². The second-order valence-electron chi connectivity index (χ2n) is 11.0. The summed E-state index contributed by atoms with van der Waals surface area (Å²) in [5, 5.41) is -2.42. The molecular weight excluding hydrogens is 595 g/mol. The maximum atomic E-state index is 10.3. The van der Waals surface area contributed by atoms with Gasteiger partial charge in [-0.05, 0) is 75.0 Å². The van der Waals surface area contributed by atoms with Gasteiger partial charge in [-0.15, -0.1) is 0 Å². The van der Waals surface area contributed by atoms with Crippen LogP contribution in [0.25, 0.3) is 60.5 Å². The van der Waals surface area contributed by atoms with Gasteiger partial charge < -0.3 is 9.30 Å². The van der Waals surface area contributed by atoms with E-state index in [2.05, 4.69) is 0 Å². The average molecular weight is 653 g/mol. The van der Waals surface area contributed by atoms with Gasteiger partial charge >= 0.3 is 0 Å². The molecular formula is C47H29NO. The Morgan fingerprint density at radius 3 is 1.88 bits per heavy atom. The van der Waals surface area contributed by atoms with Crippen molar-refractivity contribution in [1.82, 2.24) is 4.57 Å². The molecule has 2 aliphatic rings. The number of para-hydroxylation sites is 2. The minimum absolute atomic E-state index is 0.581. The first-order valence-corrected chi connectivity index (χ1v) is 14.6. The van der Waals surface area contributed by atoms with Gasteiger partial charge in [0.15, 0.2) is 0 Å². The summed E-state index contributed by atoms with van der Waals surface area (Å²) in [5.74, 6) is -1.77. The van der Waals surface area contributed by atoms with Gasteiger partial charge in [-0.25, -0.2) is 0 Å². The highest BCUT2D eigenvalue weighted by Gasteiger charge is 2.51. The number of benzene rings is 8. The third-order valence-corrected chi connectivity index (χ3v) is 8.68. The van der Waals surface area contributed by atoms with E-state index in [0.29, 0.717) is 0 Å². The maximum Gasteiger partial charge on any atom is 0.132 e. The monoisotopic (exact) mass is 652 g/mol. The van der Waals surface area contributed by atoms with Crippen molar-refractivity contribution >= 4 is 32.6 Å². The van der Waals surface area contributed by atoms with E-state index < -0.39 is 275 Å². The highest BCUT2D eigenvalue weighted by molar-refractivity contribution is 6.19. The molecule has 0 N–H and O–H groups in total. The second-order valence-corrected chi connectivity index (χ2v) is 11.0. The van der Waals surface area contributed by atoms with E-state index in [-0.39, 0.29) is 0 Å². The van der Waals surface area contributed by atoms with Crippen molar-refractivity contribution in [2.75, 3.05) is 0 Å². The maximum absolute atomic E-state index is 10.3. The van der Waals surface area contributed by atoms with Crippen LogP contribution in [0.4, 0.5) is 0 Å². The van der Waals surface area contributed by atoms with Crippen molar-refractivity contribution in [1.29, 1.82) is 0 Å². The molecule has 0 unspecified atom stereocenters. The van der Waals surface area contributed by atoms with Crippen molar-refractivity contribution in [3.8, 4) is 39.4 Å². The zero-order valence-corrected chi connectivity index (χ0v) is 24.4. The Bertz CT molecular complexity index is 4370. The van der Waals surface area contributed by atoms with Crippen molar-refractivity contribution in [3.05, 3.63) is 197 Å².